The Balaban J connectivity index is 3.27. The van der Waals surface area contributed by atoms with Gasteiger partial charge in [0.2, 0.25) is 0 Å². The molecule has 0 amide bonds. The molecule has 1 heterocycles. The van der Waals surface area contributed by atoms with Crippen molar-refractivity contribution in [3.05, 3.63) is 10.4 Å². The molecule has 86 valence electrons. The molecule has 0 fully saturated rings. The molecule has 1 aromatic heterocycles. The number of guanidine groups is 2. The first-order chi connectivity index (χ1) is 7.40. The predicted octanol–water partition coefficient (Wildman–Crippen LogP) is -4.45. The van der Waals surface area contributed by atoms with Crippen LogP contribution in [0.3, 0.4) is 0 Å². The number of rotatable bonds is 2. The molecule has 0 aliphatic heterocycles. The highest BCUT2D eigenvalue weighted by molar-refractivity contribution is 5.78. The molecule has 0 spiro atoms. The summed E-state index contributed by atoms with van der Waals surface area (Å²) >= 11 is 0. The summed E-state index contributed by atoms with van der Waals surface area (Å²) in [4.78, 5) is 6.31. The smallest absolute Gasteiger partial charge is 0.503 e. The molecular weight excluding hydrogens is 220 g/mol. The summed E-state index contributed by atoms with van der Waals surface area (Å²) < 4.78 is 0. The Hall–Kier alpha value is -2.92. The van der Waals surface area contributed by atoms with E-state index in [0.29, 0.717) is 0 Å². The standard InChI is InChI=1S/C4H8N10O2/c5-1(6)9-3-11-14(16)4(10-2(7)8)12-13(3)15/h(H4,5,6,9,11)(H4,7,8,10,12). The first kappa shape index (κ1) is 11.2. The van der Waals surface area contributed by atoms with Crippen molar-refractivity contribution < 1.29 is 9.69 Å². The lowest BCUT2D eigenvalue weighted by Gasteiger charge is -2.00. The highest BCUT2D eigenvalue weighted by atomic mass is 16.5. The summed E-state index contributed by atoms with van der Waals surface area (Å²) in [5, 5.41) is 28.6. The summed E-state index contributed by atoms with van der Waals surface area (Å²) in [6.45, 7) is 0. The number of hydrogen-bond donors (Lipinski definition) is 4. The molecule has 12 heteroatoms. The minimum Gasteiger partial charge on any atom is -0.709 e. The Labute approximate surface area is 88.0 Å². The quantitative estimate of drug-likeness (QED) is 0.167. The van der Waals surface area contributed by atoms with E-state index >= 15 is 0 Å². The van der Waals surface area contributed by atoms with Crippen LogP contribution >= 0.6 is 0 Å². The van der Waals surface area contributed by atoms with Crippen molar-refractivity contribution in [3.8, 4) is 0 Å². The van der Waals surface area contributed by atoms with Crippen LogP contribution < -0.4 is 32.6 Å². The van der Waals surface area contributed by atoms with Gasteiger partial charge in [-0.1, -0.05) is 9.69 Å². The van der Waals surface area contributed by atoms with Gasteiger partial charge in [-0.05, 0) is 9.98 Å². The van der Waals surface area contributed by atoms with Gasteiger partial charge in [-0.2, -0.15) is 0 Å². The molecule has 1 aromatic rings. The van der Waals surface area contributed by atoms with E-state index in [2.05, 4.69) is 20.2 Å². The van der Waals surface area contributed by atoms with Crippen LogP contribution in [0.2, 0.25) is 0 Å². The maximum atomic E-state index is 11.1. The molecule has 12 nitrogen and oxygen atoms in total. The third-order valence-corrected chi connectivity index (χ3v) is 1.16. The van der Waals surface area contributed by atoms with Gasteiger partial charge in [0.25, 0.3) is 11.9 Å². The van der Waals surface area contributed by atoms with Gasteiger partial charge < -0.3 is 33.3 Å². The second-order valence-corrected chi connectivity index (χ2v) is 2.42. The van der Waals surface area contributed by atoms with Crippen molar-refractivity contribution >= 4 is 23.8 Å². The summed E-state index contributed by atoms with van der Waals surface area (Å²) in [5.41, 5.74) is 20.0. The number of hydrogen-bond acceptors (Lipinski definition) is 6. The van der Waals surface area contributed by atoms with Gasteiger partial charge in [0, 0.05) is 0 Å². The second kappa shape index (κ2) is 4.07. The third-order valence-electron chi connectivity index (χ3n) is 1.16. The predicted molar refractivity (Wildman–Crippen MR) is 50.9 cm³/mol. The Morgan fingerprint density at radius 1 is 0.875 bits per heavy atom. The van der Waals surface area contributed by atoms with Crippen LogP contribution in [-0.4, -0.2) is 22.1 Å². The van der Waals surface area contributed by atoms with Crippen molar-refractivity contribution in [1.82, 2.24) is 10.2 Å². The van der Waals surface area contributed by atoms with Crippen LogP contribution in [0.25, 0.3) is 0 Å². The molecule has 0 aliphatic rings. The fraction of sp³-hybridized carbons (Fsp3) is 0. The first-order valence-corrected chi connectivity index (χ1v) is 3.71. The summed E-state index contributed by atoms with van der Waals surface area (Å²) in [5.74, 6) is -2.17. The Kier molecular flexibility index (Phi) is 2.84. The van der Waals surface area contributed by atoms with Crippen LogP contribution in [-0.2, 0) is 0 Å². The van der Waals surface area contributed by atoms with E-state index in [1.807, 2.05) is 0 Å². The van der Waals surface area contributed by atoms with E-state index in [0.717, 1.165) is 0 Å². The molecule has 0 saturated heterocycles. The Morgan fingerprint density at radius 3 is 1.44 bits per heavy atom. The largest absolute Gasteiger partial charge is 0.709 e. The van der Waals surface area contributed by atoms with E-state index < -0.39 is 23.8 Å². The van der Waals surface area contributed by atoms with Gasteiger partial charge in [-0.15, -0.1) is 0 Å². The Bertz CT molecular complexity index is 414. The van der Waals surface area contributed by atoms with Gasteiger partial charge in [0.15, 0.2) is 0 Å². The maximum absolute atomic E-state index is 11.1. The minimum absolute atomic E-state index is 0.101. The summed E-state index contributed by atoms with van der Waals surface area (Å²) in [7, 11) is 0. The van der Waals surface area contributed by atoms with Gasteiger partial charge >= 0.3 is 11.9 Å². The maximum Gasteiger partial charge on any atom is 0.503 e. The monoisotopic (exact) mass is 228 g/mol. The van der Waals surface area contributed by atoms with E-state index in [1.54, 1.807) is 0 Å². The van der Waals surface area contributed by atoms with E-state index in [1.165, 1.54) is 0 Å². The van der Waals surface area contributed by atoms with Crippen LogP contribution in [0.1, 0.15) is 0 Å². The fourth-order valence-corrected chi connectivity index (χ4v) is 0.690. The van der Waals surface area contributed by atoms with Gasteiger partial charge in [0.05, 0.1) is 10.2 Å². The van der Waals surface area contributed by atoms with Crippen LogP contribution in [0.4, 0.5) is 11.9 Å². The minimum atomic E-state index is -0.635. The van der Waals surface area contributed by atoms with Crippen molar-refractivity contribution in [2.75, 3.05) is 0 Å². The van der Waals surface area contributed by atoms with Crippen molar-refractivity contribution in [3.63, 3.8) is 0 Å². The first-order valence-electron chi connectivity index (χ1n) is 3.71. The molecule has 0 unspecified atom stereocenters. The lowest BCUT2D eigenvalue weighted by Crippen LogP contribution is -2.45. The molecule has 1 rings (SSSR count). The highest BCUT2D eigenvalue weighted by Gasteiger charge is 2.20. The zero-order valence-electron chi connectivity index (χ0n) is 7.81. The Morgan fingerprint density at radius 2 is 1.19 bits per heavy atom. The molecule has 0 aromatic carbocycles. The molecule has 0 bridgehead atoms. The third kappa shape index (κ3) is 2.53. The van der Waals surface area contributed by atoms with Crippen molar-refractivity contribution in [1.29, 1.82) is 0 Å². The zero-order chi connectivity index (χ0) is 12.3. The average molecular weight is 228 g/mol. The summed E-state index contributed by atoms with van der Waals surface area (Å²) in [6.07, 6.45) is 0. The topological polar surface area (TPSA) is 208 Å². The van der Waals surface area contributed by atoms with Gasteiger partial charge in [-0.3, -0.25) is 0 Å². The SMILES string of the molecule is NC(N)=Nc1n[n+]([O-])c(N=C(N)N)n[n+]1[O-]. The lowest BCUT2D eigenvalue weighted by molar-refractivity contribution is -0.728. The van der Waals surface area contributed by atoms with Crippen LogP contribution in [0.15, 0.2) is 9.98 Å². The molecule has 0 saturated carbocycles. The zero-order valence-corrected chi connectivity index (χ0v) is 7.81. The molecule has 0 radical (unpaired) electrons. The normalized spacial score (nSPS) is 9.50. The van der Waals surface area contributed by atoms with Crippen LogP contribution in [0, 0.1) is 10.4 Å². The molecule has 0 aliphatic carbocycles. The second-order valence-electron chi connectivity index (χ2n) is 2.42. The molecule has 16 heavy (non-hydrogen) atoms. The van der Waals surface area contributed by atoms with Crippen LogP contribution in [0.5, 0.6) is 0 Å². The lowest BCUT2D eigenvalue weighted by atomic mass is 10.9. The molecule has 8 N–H and O–H groups in total. The summed E-state index contributed by atoms with van der Waals surface area (Å²) in [6, 6.07) is 0. The van der Waals surface area contributed by atoms with E-state index in [4.69, 9.17) is 22.9 Å². The number of aromatic nitrogens is 4. The highest BCUT2D eigenvalue weighted by Crippen LogP contribution is 1.98. The van der Waals surface area contributed by atoms with Crippen molar-refractivity contribution in [2.45, 2.75) is 0 Å². The van der Waals surface area contributed by atoms with E-state index in [-0.39, 0.29) is 9.69 Å². The van der Waals surface area contributed by atoms with Crippen molar-refractivity contribution in [2.24, 2.45) is 32.9 Å². The van der Waals surface area contributed by atoms with Gasteiger partial charge in [-0.25, -0.2) is 0 Å². The average Bonchev–Trinajstić information content (AvgIpc) is 2.11. The van der Waals surface area contributed by atoms with E-state index in [9.17, 15) is 10.4 Å². The van der Waals surface area contributed by atoms with Gasteiger partial charge in [0.1, 0.15) is 0 Å². The number of nitrogens with zero attached hydrogens (tertiary/aromatic N) is 6. The number of nitrogens with two attached hydrogens (primary N) is 4. The fourth-order valence-electron chi connectivity index (χ4n) is 0.690. The molecular formula is C4H8N10O2. The molecule has 0 atom stereocenters. The number of aliphatic imine (C=N–C) groups is 2.